The van der Waals surface area contributed by atoms with Crippen molar-refractivity contribution in [2.24, 2.45) is 0 Å². The van der Waals surface area contributed by atoms with E-state index in [-0.39, 0.29) is 12.0 Å². The minimum atomic E-state index is -3.26. The molecular weight excluding hydrogens is 377 g/mol. The monoisotopic (exact) mass is 395 g/mol. The lowest BCUT2D eigenvalue weighted by atomic mass is 9.95. The van der Waals surface area contributed by atoms with E-state index in [1.807, 2.05) is 24.3 Å². The molecule has 2 rings (SSSR count). The number of hydrogen-bond donors (Lipinski definition) is 1. The van der Waals surface area contributed by atoms with Gasteiger partial charge in [0, 0.05) is 9.49 Å². The van der Waals surface area contributed by atoms with Gasteiger partial charge in [0.1, 0.15) is 0 Å². The van der Waals surface area contributed by atoms with Crippen LogP contribution in [0, 0.1) is 3.57 Å². The van der Waals surface area contributed by atoms with Crippen LogP contribution in [0.2, 0.25) is 0 Å². The van der Waals surface area contributed by atoms with Gasteiger partial charge in [0.15, 0.2) is 0 Å². The molecule has 1 aliphatic rings. The van der Waals surface area contributed by atoms with Gasteiger partial charge in [-0.25, -0.2) is 13.1 Å². The molecule has 0 aliphatic carbocycles. The van der Waals surface area contributed by atoms with Crippen molar-refractivity contribution >= 4 is 32.6 Å². The van der Waals surface area contributed by atoms with Gasteiger partial charge in [0.2, 0.25) is 10.0 Å². The zero-order chi connectivity index (χ0) is 14.0. The van der Waals surface area contributed by atoms with E-state index in [2.05, 4.69) is 27.3 Å². The maximum absolute atomic E-state index is 11.9. The highest BCUT2D eigenvalue weighted by Crippen LogP contribution is 2.27. The van der Waals surface area contributed by atoms with Gasteiger partial charge in [-0.1, -0.05) is 12.1 Å². The molecule has 1 N–H and O–H groups in total. The number of nitrogens with one attached hydrogen (secondary N) is 1. The predicted octanol–water partition coefficient (Wildman–Crippen LogP) is 2.10. The molecule has 1 aromatic carbocycles. The lowest BCUT2D eigenvalue weighted by Crippen LogP contribution is -2.42. The number of rotatable bonds is 4. The van der Waals surface area contributed by atoms with E-state index in [0.717, 1.165) is 5.56 Å². The summed E-state index contributed by atoms with van der Waals surface area (Å²) < 4.78 is 33.3. The molecule has 0 saturated carbocycles. The summed E-state index contributed by atoms with van der Waals surface area (Å²) in [5, 5.41) is -0.425. The second-order valence-electron chi connectivity index (χ2n) is 5.01. The Hall–Kier alpha value is -0.180. The average molecular weight is 395 g/mol. The highest BCUT2D eigenvalue weighted by molar-refractivity contribution is 14.1. The summed E-state index contributed by atoms with van der Waals surface area (Å²) in [4.78, 5) is 0. The van der Waals surface area contributed by atoms with Crippen molar-refractivity contribution in [3.63, 3.8) is 0 Å². The molecule has 4 nitrogen and oxygen atoms in total. The molecule has 6 heteroatoms. The lowest BCUT2D eigenvalue weighted by Gasteiger charge is -2.20. The zero-order valence-electron chi connectivity index (χ0n) is 11.0. The Labute approximate surface area is 128 Å². The number of ether oxygens (including phenoxy) is 1. The summed E-state index contributed by atoms with van der Waals surface area (Å²) in [7, 11) is -3.26. The number of halogens is 1. The molecule has 1 heterocycles. The highest BCUT2D eigenvalue weighted by Gasteiger charge is 2.33. The maximum Gasteiger partial charge on any atom is 0.214 e. The molecule has 1 aromatic rings. The van der Waals surface area contributed by atoms with Crippen molar-refractivity contribution in [2.45, 2.75) is 31.1 Å². The average Bonchev–Trinajstić information content (AvgIpc) is 2.77. The Morgan fingerprint density at radius 1 is 1.26 bits per heavy atom. The Morgan fingerprint density at radius 3 is 2.47 bits per heavy atom. The molecule has 19 heavy (non-hydrogen) atoms. The van der Waals surface area contributed by atoms with Crippen LogP contribution in [0.15, 0.2) is 24.3 Å². The molecule has 0 radical (unpaired) electrons. The summed E-state index contributed by atoms with van der Waals surface area (Å²) in [5.41, 5.74) is 1.12. The van der Waals surface area contributed by atoms with Crippen LogP contribution in [0.5, 0.6) is 0 Å². The second-order valence-corrected chi connectivity index (χ2v) is 8.53. The molecule has 1 aliphatic heterocycles. The predicted molar refractivity (Wildman–Crippen MR) is 83.7 cm³/mol. The lowest BCUT2D eigenvalue weighted by molar-refractivity contribution is 0.189. The number of hydrogen-bond acceptors (Lipinski definition) is 3. The molecule has 0 aromatic heterocycles. The van der Waals surface area contributed by atoms with Crippen molar-refractivity contribution in [3.05, 3.63) is 33.4 Å². The fourth-order valence-electron chi connectivity index (χ4n) is 2.06. The van der Waals surface area contributed by atoms with Gasteiger partial charge >= 0.3 is 0 Å². The normalized spacial score (nSPS) is 24.0. The van der Waals surface area contributed by atoms with Crippen LogP contribution in [-0.2, 0) is 14.8 Å². The third-order valence-corrected chi connectivity index (χ3v) is 5.91. The molecule has 2 unspecified atom stereocenters. The van der Waals surface area contributed by atoms with Gasteiger partial charge in [0.05, 0.1) is 24.5 Å². The fourth-order valence-corrected chi connectivity index (χ4v) is 3.34. The van der Waals surface area contributed by atoms with Crippen LogP contribution in [0.25, 0.3) is 0 Å². The molecule has 2 atom stereocenters. The van der Waals surface area contributed by atoms with E-state index in [1.54, 1.807) is 13.8 Å². The van der Waals surface area contributed by atoms with Crippen molar-refractivity contribution < 1.29 is 13.2 Å². The summed E-state index contributed by atoms with van der Waals surface area (Å²) in [6.07, 6.45) is 0. The summed E-state index contributed by atoms with van der Waals surface area (Å²) in [6.45, 7) is 4.35. The van der Waals surface area contributed by atoms with Crippen molar-refractivity contribution in [1.82, 2.24) is 4.72 Å². The maximum atomic E-state index is 11.9. The van der Waals surface area contributed by atoms with Crippen LogP contribution < -0.4 is 4.72 Å². The first-order valence-electron chi connectivity index (χ1n) is 6.24. The van der Waals surface area contributed by atoms with E-state index in [0.29, 0.717) is 13.2 Å². The van der Waals surface area contributed by atoms with E-state index in [4.69, 9.17) is 4.74 Å². The van der Waals surface area contributed by atoms with Crippen LogP contribution in [-0.4, -0.2) is 32.9 Å². The molecule has 1 fully saturated rings. The second kappa shape index (κ2) is 6.07. The molecule has 106 valence electrons. The van der Waals surface area contributed by atoms with Crippen molar-refractivity contribution in [3.8, 4) is 0 Å². The first kappa shape index (κ1) is 15.2. The van der Waals surface area contributed by atoms with Crippen molar-refractivity contribution in [2.75, 3.05) is 13.2 Å². The Balaban J connectivity index is 2.15. The largest absolute Gasteiger partial charge is 0.379 e. The molecular formula is C13H18INO3S. The van der Waals surface area contributed by atoms with Gasteiger partial charge in [-0.3, -0.25) is 0 Å². The minimum Gasteiger partial charge on any atom is -0.379 e. The topological polar surface area (TPSA) is 55.4 Å². The number of benzene rings is 1. The van der Waals surface area contributed by atoms with Crippen LogP contribution in [0.1, 0.15) is 25.3 Å². The van der Waals surface area contributed by atoms with Gasteiger partial charge < -0.3 is 4.74 Å². The Kier molecular flexibility index (Phi) is 4.86. The van der Waals surface area contributed by atoms with Crippen LogP contribution in [0.3, 0.4) is 0 Å². The SMILES string of the molecule is CC(C)S(=O)(=O)NC1COCC1c1ccc(I)cc1. The summed E-state index contributed by atoms with van der Waals surface area (Å²) in [5.74, 6) is 0.0884. The third-order valence-electron chi connectivity index (χ3n) is 3.31. The summed E-state index contributed by atoms with van der Waals surface area (Å²) in [6, 6.07) is 7.97. The van der Waals surface area contributed by atoms with E-state index >= 15 is 0 Å². The van der Waals surface area contributed by atoms with E-state index in [1.165, 1.54) is 3.57 Å². The molecule has 0 amide bonds. The van der Waals surface area contributed by atoms with Crippen LogP contribution in [0.4, 0.5) is 0 Å². The van der Waals surface area contributed by atoms with Crippen LogP contribution >= 0.6 is 22.6 Å². The van der Waals surface area contributed by atoms with E-state index in [9.17, 15) is 8.42 Å². The Bertz CT molecular complexity index is 527. The summed E-state index contributed by atoms with van der Waals surface area (Å²) >= 11 is 2.25. The fraction of sp³-hybridized carbons (Fsp3) is 0.538. The first-order chi connectivity index (χ1) is 8.90. The van der Waals surface area contributed by atoms with Gasteiger partial charge in [-0.2, -0.15) is 0 Å². The highest BCUT2D eigenvalue weighted by atomic mass is 127. The smallest absolute Gasteiger partial charge is 0.214 e. The quantitative estimate of drug-likeness (QED) is 0.795. The number of sulfonamides is 1. The van der Waals surface area contributed by atoms with Gasteiger partial charge in [-0.15, -0.1) is 0 Å². The van der Waals surface area contributed by atoms with Crippen molar-refractivity contribution in [1.29, 1.82) is 0 Å². The minimum absolute atomic E-state index is 0.0884. The zero-order valence-corrected chi connectivity index (χ0v) is 13.9. The molecule has 0 spiro atoms. The Morgan fingerprint density at radius 2 is 1.89 bits per heavy atom. The first-order valence-corrected chi connectivity index (χ1v) is 8.87. The third kappa shape index (κ3) is 3.68. The molecule has 1 saturated heterocycles. The van der Waals surface area contributed by atoms with Gasteiger partial charge in [-0.05, 0) is 54.1 Å². The standard InChI is InChI=1S/C13H18INO3S/c1-9(2)19(16,17)15-13-8-18-7-12(13)10-3-5-11(14)6-4-10/h3-6,9,12-13,15H,7-8H2,1-2H3. The van der Waals surface area contributed by atoms with E-state index < -0.39 is 15.3 Å². The van der Waals surface area contributed by atoms with Gasteiger partial charge in [0.25, 0.3) is 0 Å². The molecule has 0 bridgehead atoms.